The summed E-state index contributed by atoms with van der Waals surface area (Å²) in [5.41, 5.74) is 1.35. The fourth-order valence-corrected chi connectivity index (χ4v) is 2.79. The molecule has 0 aliphatic heterocycles. The maximum atomic E-state index is 13.2. The van der Waals surface area contributed by atoms with Crippen LogP contribution in [0.25, 0.3) is 22.5 Å². The largest absolute Gasteiger partial charge is 0.477 e. The van der Waals surface area contributed by atoms with E-state index in [0.29, 0.717) is 11.4 Å². The molecule has 5 rings (SSSR count). The Labute approximate surface area is 248 Å². The molecular weight excluding hydrogens is 871 g/mol. The van der Waals surface area contributed by atoms with E-state index in [2.05, 4.69) is 27.1 Å². The van der Waals surface area contributed by atoms with Gasteiger partial charge in [0.2, 0.25) is 0 Å². The average Bonchev–Trinajstić information content (AvgIpc) is 2.91. The maximum absolute atomic E-state index is 13.2. The van der Waals surface area contributed by atoms with Gasteiger partial charge < -0.3 is 15.1 Å². The van der Waals surface area contributed by atoms with Gasteiger partial charge in [0.05, 0.1) is 0 Å². The first kappa shape index (κ1) is 33.4. The van der Waals surface area contributed by atoms with Crippen molar-refractivity contribution in [2.45, 2.75) is 0 Å². The fraction of sp³-hybridized carbons (Fsp3) is 0. The molecule has 0 spiro atoms. The van der Waals surface area contributed by atoms with Crippen LogP contribution in [-0.2, 0) is 40.2 Å². The minimum Gasteiger partial charge on any atom is -0.477 e. The monoisotopic (exact) mass is 889 g/mol. The molecule has 1 N–H and O–H groups in total. The van der Waals surface area contributed by atoms with Gasteiger partial charge in [-0.3, -0.25) is 17.6 Å². The number of hydrogen-bond acceptors (Lipinski definition) is 4. The third-order valence-electron chi connectivity index (χ3n) is 4.44. The summed E-state index contributed by atoms with van der Waals surface area (Å²) in [5.74, 6) is -3.56. The van der Waals surface area contributed by atoms with Gasteiger partial charge in [-0.1, -0.05) is 53.6 Å². The van der Waals surface area contributed by atoms with E-state index in [1.54, 1.807) is 60.9 Å². The first-order valence-electron chi connectivity index (χ1n) is 10.6. The molecule has 11 heteroatoms. The summed E-state index contributed by atoms with van der Waals surface area (Å²) < 4.78 is 51.6. The fourth-order valence-electron chi connectivity index (χ4n) is 2.79. The van der Waals surface area contributed by atoms with E-state index in [1.165, 1.54) is 12.3 Å². The van der Waals surface area contributed by atoms with Gasteiger partial charge in [-0.2, -0.15) is 0 Å². The standard InChI is InChI=1S/2C11H6F2N.C6H5NO2.2Ir/c2*12-8-4-5-9(10(13)7-8)11-3-1-2-6-14-11;8-6(9)5-3-1-2-4-7-5;;/h2*1-4,6-7H;1-4H,(H,8,9);;/q2*-1;;;. The molecular formula is C28H17F4Ir2N3O2-2. The Hall–Kier alpha value is -3.62. The number of carboxylic acids is 1. The van der Waals surface area contributed by atoms with Crippen molar-refractivity contribution in [3.8, 4) is 22.5 Å². The Morgan fingerprint density at radius 3 is 1.33 bits per heavy atom. The van der Waals surface area contributed by atoms with E-state index in [9.17, 15) is 22.4 Å². The van der Waals surface area contributed by atoms with Gasteiger partial charge in [0.15, 0.2) is 0 Å². The van der Waals surface area contributed by atoms with E-state index < -0.39 is 29.2 Å². The van der Waals surface area contributed by atoms with Crippen LogP contribution in [0.2, 0.25) is 0 Å². The second-order valence-electron chi connectivity index (χ2n) is 7.03. The maximum Gasteiger partial charge on any atom is 0.354 e. The van der Waals surface area contributed by atoms with Crippen LogP contribution < -0.4 is 0 Å². The number of halogens is 4. The molecule has 5 aromatic rings. The first-order valence-corrected chi connectivity index (χ1v) is 10.6. The molecule has 2 radical (unpaired) electrons. The topological polar surface area (TPSA) is 76.0 Å². The molecule has 3 heterocycles. The predicted molar refractivity (Wildman–Crippen MR) is 128 cm³/mol. The van der Waals surface area contributed by atoms with E-state index in [0.717, 1.165) is 24.3 Å². The zero-order valence-corrected chi connectivity index (χ0v) is 24.4. The van der Waals surface area contributed by atoms with Crippen LogP contribution >= 0.6 is 0 Å². The molecule has 204 valence electrons. The molecule has 0 saturated carbocycles. The van der Waals surface area contributed by atoms with Crippen molar-refractivity contribution in [2.24, 2.45) is 0 Å². The number of carboxylic acid groups (broad SMARTS) is 1. The summed E-state index contributed by atoms with van der Waals surface area (Å²) in [6.07, 6.45) is 4.54. The van der Waals surface area contributed by atoms with Crippen LogP contribution in [0.1, 0.15) is 10.5 Å². The minimum atomic E-state index is -0.990. The molecule has 0 bridgehead atoms. The summed E-state index contributed by atoms with van der Waals surface area (Å²) in [4.78, 5) is 21.6. The van der Waals surface area contributed by atoms with Gasteiger partial charge in [-0.15, -0.1) is 24.3 Å². The van der Waals surface area contributed by atoms with Crippen molar-refractivity contribution in [1.29, 1.82) is 0 Å². The van der Waals surface area contributed by atoms with Gasteiger partial charge in [-0.25, -0.2) is 9.78 Å². The van der Waals surface area contributed by atoms with E-state index in [-0.39, 0.29) is 57.0 Å². The number of benzene rings is 2. The molecule has 0 atom stereocenters. The van der Waals surface area contributed by atoms with Crippen LogP contribution in [0.3, 0.4) is 0 Å². The van der Waals surface area contributed by atoms with Gasteiger partial charge in [-0.05, 0) is 35.7 Å². The Morgan fingerprint density at radius 2 is 1.05 bits per heavy atom. The van der Waals surface area contributed by atoms with Crippen LogP contribution in [0.5, 0.6) is 0 Å². The molecule has 0 aliphatic rings. The third kappa shape index (κ3) is 10.6. The summed E-state index contributed by atoms with van der Waals surface area (Å²) in [7, 11) is 0. The third-order valence-corrected chi connectivity index (χ3v) is 4.44. The molecule has 0 saturated heterocycles. The number of carbonyl (C=O) groups is 1. The molecule has 39 heavy (non-hydrogen) atoms. The van der Waals surface area contributed by atoms with E-state index in [1.807, 2.05) is 0 Å². The molecule has 2 aromatic carbocycles. The molecule has 3 aromatic heterocycles. The van der Waals surface area contributed by atoms with Gasteiger partial charge in [0.25, 0.3) is 0 Å². The molecule has 0 amide bonds. The Morgan fingerprint density at radius 1 is 0.641 bits per heavy atom. The zero-order chi connectivity index (χ0) is 26.6. The minimum absolute atomic E-state index is 0. The molecule has 0 fully saturated rings. The van der Waals surface area contributed by atoms with Crippen LogP contribution in [0.15, 0.2) is 97.5 Å². The van der Waals surface area contributed by atoms with Crippen molar-refractivity contribution in [2.75, 3.05) is 0 Å². The van der Waals surface area contributed by atoms with Crippen LogP contribution in [0, 0.1) is 35.4 Å². The second kappa shape index (κ2) is 17.1. The van der Waals surface area contributed by atoms with Crippen LogP contribution in [0.4, 0.5) is 17.6 Å². The van der Waals surface area contributed by atoms with E-state index >= 15 is 0 Å². The number of pyridine rings is 3. The normalized spacial score (nSPS) is 9.33. The van der Waals surface area contributed by atoms with Gasteiger partial charge >= 0.3 is 5.97 Å². The number of nitrogens with zero attached hydrogens (tertiary/aromatic N) is 3. The molecule has 0 unspecified atom stereocenters. The summed E-state index contributed by atoms with van der Waals surface area (Å²) in [6.45, 7) is 0. The smallest absolute Gasteiger partial charge is 0.354 e. The van der Waals surface area contributed by atoms with Crippen LogP contribution in [-0.4, -0.2) is 26.0 Å². The average molecular weight is 888 g/mol. The SMILES string of the molecule is Fc1c[c-]c(-c2ccccn2)c(F)c1.Fc1c[c-]c(-c2ccccn2)c(F)c1.O=C(O)c1ccccn1.[Ir].[Ir]. The second-order valence-corrected chi connectivity index (χ2v) is 7.03. The number of aromatic nitrogens is 3. The first-order chi connectivity index (χ1) is 17.8. The van der Waals surface area contributed by atoms with Crippen molar-refractivity contribution in [1.82, 2.24) is 15.0 Å². The van der Waals surface area contributed by atoms with Gasteiger partial charge in [0.1, 0.15) is 5.69 Å². The summed E-state index contributed by atoms with van der Waals surface area (Å²) >= 11 is 0. The van der Waals surface area contributed by atoms with Crippen molar-refractivity contribution >= 4 is 5.97 Å². The van der Waals surface area contributed by atoms with E-state index in [4.69, 9.17) is 5.11 Å². The van der Waals surface area contributed by atoms with Crippen molar-refractivity contribution in [3.05, 3.63) is 139 Å². The molecule has 5 nitrogen and oxygen atoms in total. The molecule has 0 aliphatic carbocycles. The Balaban J connectivity index is 0.000000292. The Kier molecular flexibility index (Phi) is 14.6. The zero-order valence-electron chi connectivity index (χ0n) is 19.6. The van der Waals surface area contributed by atoms with Crippen molar-refractivity contribution < 1.29 is 67.7 Å². The Bertz CT molecular complexity index is 1360. The summed E-state index contributed by atoms with van der Waals surface area (Å²) in [6, 6.07) is 23.8. The number of rotatable bonds is 3. The number of hydrogen-bond donors (Lipinski definition) is 1. The van der Waals surface area contributed by atoms with Crippen molar-refractivity contribution in [3.63, 3.8) is 0 Å². The predicted octanol–water partition coefficient (Wildman–Crippen LogP) is 6.43. The van der Waals surface area contributed by atoms with Gasteiger partial charge in [0, 0.05) is 82.1 Å². The quantitative estimate of drug-likeness (QED) is 0.167. The summed E-state index contributed by atoms with van der Waals surface area (Å²) in [5, 5.41) is 8.32. The number of aromatic carboxylic acids is 1.